The zero-order valence-electron chi connectivity index (χ0n) is 12.1. The minimum atomic E-state index is -4.52. The maximum Gasteiger partial charge on any atom is 0.416 e. The Balaban J connectivity index is 2.59. The lowest BCUT2D eigenvalue weighted by Crippen LogP contribution is -2.33. The van der Waals surface area contributed by atoms with Crippen LogP contribution in [0.25, 0.3) is 0 Å². The summed E-state index contributed by atoms with van der Waals surface area (Å²) in [5.74, 6) is -0.679. The summed E-state index contributed by atoms with van der Waals surface area (Å²) < 4.78 is 42.3. The van der Waals surface area contributed by atoms with Crippen LogP contribution in [0.3, 0.4) is 0 Å². The van der Waals surface area contributed by atoms with Crippen LogP contribution in [-0.4, -0.2) is 42.1 Å². The van der Waals surface area contributed by atoms with Gasteiger partial charge in [-0.1, -0.05) is 0 Å². The van der Waals surface area contributed by atoms with Crippen molar-refractivity contribution in [1.82, 2.24) is 9.88 Å². The van der Waals surface area contributed by atoms with Gasteiger partial charge in [-0.3, -0.25) is 10.1 Å². The molecule has 0 radical (unpaired) electrons. The normalized spacial score (nSPS) is 11.0. The molecule has 1 aromatic heterocycles. The molecule has 1 N–H and O–H groups in total. The SMILES string of the molecule is CCOC(=O)CCN(C)C(=O)Nc1cc(C(F)(F)F)ccn1. The molecule has 0 bridgehead atoms. The molecule has 0 atom stereocenters. The van der Waals surface area contributed by atoms with Crippen molar-refractivity contribution in [3.8, 4) is 0 Å². The van der Waals surface area contributed by atoms with Gasteiger partial charge in [0.1, 0.15) is 5.82 Å². The number of hydrogen-bond donors (Lipinski definition) is 1. The topological polar surface area (TPSA) is 71.5 Å². The van der Waals surface area contributed by atoms with Crippen molar-refractivity contribution in [2.45, 2.75) is 19.5 Å². The van der Waals surface area contributed by atoms with Crippen LogP contribution < -0.4 is 5.32 Å². The van der Waals surface area contributed by atoms with Gasteiger partial charge in [-0.25, -0.2) is 9.78 Å². The van der Waals surface area contributed by atoms with E-state index in [0.29, 0.717) is 0 Å². The molecular weight excluding hydrogens is 303 g/mol. The quantitative estimate of drug-likeness (QED) is 0.847. The first-order valence-corrected chi connectivity index (χ1v) is 6.45. The van der Waals surface area contributed by atoms with Gasteiger partial charge in [-0.05, 0) is 19.1 Å². The highest BCUT2D eigenvalue weighted by atomic mass is 19.4. The number of carbonyl (C=O) groups is 2. The molecule has 22 heavy (non-hydrogen) atoms. The Kier molecular flexibility index (Phi) is 6.14. The average Bonchev–Trinajstić information content (AvgIpc) is 2.44. The summed E-state index contributed by atoms with van der Waals surface area (Å²) in [7, 11) is 1.40. The predicted octanol–water partition coefficient (Wildman–Crippen LogP) is 2.52. The number of hydrogen-bond acceptors (Lipinski definition) is 4. The largest absolute Gasteiger partial charge is 0.466 e. The highest BCUT2D eigenvalue weighted by Crippen LogP contribution is 2.29. The number of rotatable bonds is 5. The number of amides is 2. The Morgan fingerprint density at radius 3 is 2.68 bits per heavy atom. The molecule has 1 rings (SSSR count). The zero-order valence-corrected chi connectivity index (χ0v) is 12.1. The fraction of sp³-hybridized carbons (Fsp3) is 0.462. The van der Waals surface area contributed by atoms with E-state index in [1.807, 2.05) is 0 Å². The lowest BCUT2D eigenvalue weighted by atomic mass is 10.2. The van der Waals surface area contributed by atoms with E-state index >= 15 is 0 Å². The van der Waals surface area contributed by atoms with Crippen LogP contribution >= 0.6 is 0 Å². The molecule has 0 saturated heterocycles. The van der Waals surface area contributed by atoms with Crippen LogP contribution in [0.1, 0.15) is 18.9 Å². The molecular formula is C13H16F3N3O3. The molecule has 0 aromatic carbocycles. The van der Waals surface area contributed by atoms with Gasteiger partial charge >= 0.3 is 18.2 Å². The van der Waals surface area contributed by atoms with Crippen LogP contribution in [0.15, 0.2) is 18.3 Å². The molecule has 1 heterocycles. The van der Waals surface area contributed by atoms with Crippen LogP contribution in [0, 0.1) is 0 Å². The molecule has 2 amide bonds. The number of aromatic nitrogens is 1. The third kappa shape index (κ3) is 5.58. The number of ether oxygens (including phenoxy) is 1. The lowest BCUT2D eigenvalue weighted by Gasteiger charge is -2.17. The Hall–Kier alpha value is -2.32. The van der Waals surface area contributed by atoms with E-state index in [-0.39, 0.29) is 25.4 Å². The third-order valence-electron chi connectivity index (χ3n) is 2.63. The Bertz CT molecular complexity index is 535. The molecule has 0 spiro atoms. The number of pyridine rings is 1. The molecule has 0 fully saturated rings. The van der Waals surface area contributed by atoms with E-state index in [2.05, 4.69) is 10.3 Å². The minimum absolute atomic E-state index is 0.00617. The first-order valence-electron chi connectivity index (χ1n) is 6.45. The van der Waals surface area contributed by atoms with Crippen molar-refractivity contribution in [1.29, 1.82) is 0 Å². The number of urea groups is 1. The van der Waals surface area contributed by atoms with Gasteiger partial charge in [0.15, 0.2) is 0 Å². The lowest BCUT2D eigenvalue weighted by molar-refractivity contribution is -0.143. The second-order valence-corrected chi connectivity index (χ2v) is 4.33. The Labute approximate surface area is 125 Å². The summed E-state index contributed by atoms with van der Waals surface area (Å²) in [6.07, 6.45) is -3.57. The standard InChI is InChI=1S/C13H16F3N3O3/c1-3-22-11(20)5-7-19(2)12(21)18-10-8-9(4-6-17-10)13(14,15)16/h4,6,8H,3,5,7H2,1-2H3,(H,17,18,21). The molecule has 0 aliphatic carbocycles. The van der Waals surface area contributed by atoms with Crippen LogP contribution in [0.4, 0.5) is 23.8 Å². The first kappa shape index (κ1) is 17.7. The summed E-state index contributed by atoms with van der Waals surface area (Å²) in [6.45, 7) is 1.97. The number of anilines is 1. The zero-order chi connectivity index (χ0) is 16.8. The highest BCUT2D eigenvalue weighted by Gasteiger charge is 2.30. The van der Waals surface area contributed by atoms with Crippen molar-refractivity contribution >= 4 is 17.8 Å². The van der Waals surface area contributed by atoms with Crippen molar-refractivity contribution < 1.29 is 27.5 Å². The van der Waals surface area contributed by atoms with Gasteiger partial charge < -0.3 is 9.64 Å². The van der Waals surface area contributed by atoms with Gasteiger partial charge in [0.05, 0.1) is 18.6 Å². The van der Waals surface area contributed by atoms with Crippen molar-refractivity contribution in [3.05, 3.63) is 23.9 Å². The minimum Gasteiger partial charge on any atom is -0.466 e. The van der Waals surface area contributed by atoms with Gasteiger partial charge in [0, 0.05) is 19.8 Å². The van der Waals surface area contributed by atoms with Crippen molar-refractivity contribution in [2.24, 2.45) is 0 Å². The second-order valence-electron chi connectivity index (χ2n) is 4.33. The summed E-state index contributed by atoms with van der Waals surface area (Å²) >= 11 is 0. The monoisotopic (exact) mass is 319 g/mol. The molecule has 122 valence electrons. The van der Waals surface area contributed by atoms with Gasteiger partial charge in [0.2, 0.25) is 0 Å². The van der Waals surface area contributed by atoms with E-state index < -0.39 is 23.7 Å². The smallest absolute Gasteiger partial charge is 0.416 e. The predicted molar refractivity (Wildman–Crippen MR) is 72.1 cm³/mol. The van der Waals surface area contributed by atoms with E-state index in [0.717, 1.165) is 23.2 Å². The van der Waals surface area contributed by atoms with E-state index in [4.69, 9.17) is 4.74 Å². The number of nitrogens with one attached hydrogen (secondary N) is 1. The summed E-state index contributed by atoms with van der Waals surface area (Å²) in [4.78, 5) is 27.8. The van der Waals surface area contributed by atoms with Gasteiger partial charge in [-0.15, -0.1) is 0 Å². The average molecular weight is 319 g/mol. The molecule has 0 saturated carbocycles. The number of nitrogens with zero attached hydrogens (tertiary/aromatic N) is 2. The van der Waals surface area contributed by atoms with Crippen LogP contribution in [0.2, 0.25) is 0 Å². The number of alkyl halides is 3. The molecule has 6 nitrogen and oxygen atoms in total. The highest BCUT2D eigenvalue weighted by molar-refractivity contribution is 5.88. The summed E-state index contributed by atoms with van der Waals surface area (Å²) in [5, 5.41) is 2.23. The third-order valence-corrected chi connectivity index (χ3v) is 2.63. The fourth-order valence-electron chi connectivity index (χ4n) is 1.47. The molecule has 0 unspecified atom stereocenters. The molecule has 1 aromatic rings. The molecule has 0 aliphatic rings. The van der Waals surface area contributed by atoms with E-state index in [1.54, 1.807) is 6.92 Å². The Morgan fingerprint density at radius 2 is 2.09 bits per heavy atom. The van der Waals surface area contributed by atoms with Gasteiger partial charge in [-0.2, -0.15) is 13.2 Å². The number of halogens is 3. The summed E-state index contributed by atoms with van der Waals surface area (Å²) in [5.41, 5.74) is -0.910. The maximum atomic E-state index is 12.5. The molecule has 0 aliphatic heterocycles. The van der Waals surface area contributed by atoms with Gasteiger partial charge in [0.25, 0.3) is 0 Å². The van der Waals surface area contributed by atoms with E-state index in [1.165, 1.54) is 7.05 Å². The second kappa shape index (κ2) is 7.62. The van der Waals surface area contributed by atoms with Crippen LogP contribution in [0.5, 0.6) is 0 Å². The van der Waals surface area contributed by atoms with Crippen molar-refractivity contribution in [2.75, 3.05) is 25.5 Å². The Morgan fingerprint density at radius 1 is 1.41 bits per heavy atom. The summed E-state index contributed by atoms with van der Waals surface area (Å²) in [6, 6.07) is 0.869. The van der Waals surface area contributed by atoms with Crippen molar-refractivity contribution in [3.63, 3.8) is 0 Å². The van der Waals surface area contributed by atoms with E-state index in [9.17, 15) is 22.8 Å². The molecule has 9 heteroatoms. The first-order chi connectivity index (χ1) is 10.2. The fourth-order valence-corrected chi connectivity index (χ4v) is 1.47. The van der Waals surface area contributed by atoms with Crippen LogP contribution in [-0.2, 0) is 15.7 Å². The maximum absolute atomic E-state index is 12.5. The number of esters is 1. The number of carbonyl (C=O) groups excluding carboxylic acids is 2.